The summed E-state index contributed by atoms with van der Waals surface area (Å²) in [7, 11) is 0. The zero-order valence-electron chi connectivity index (χ0n) is 15.1. The second-order valence-electron chi connectivity index (χ2n) is 6.10. The van der Waals surface area contributed by atoms with Gasteiger partial charge in [0.05, 0.1) is 4.90 Å². The van der Waals surface area contributed by atoms with E-state index < -0.39 is 0 Å². The van der Waals surface area contributed by atoms with Gasteiger partial charge in [-0.2, -0.15) is 0 Å². The van der Waals surface area contributed by atoms with Gasteiger partial charge in [0.25, 0.3) is 0 Å². The van der Waals surface area contributed by atoms with E-state index in [1.807, 2.05) is 47.7 Å². The second-order valence-corrected chi connectivity index (χ2v) is 9.32. The first-order valence-electron chi connectivity index (χ1n) is 8.64. The Morgan fingerprint density at radius 3 is 2.46 bits per heavy atom. The Labute approximate surface area is 176 Å². The van der Waals surface area contributed by atoms with Crippen LogP contribution in [0.4, 0.5) is 10.2 Å². The number of allylic oxidation sites excluding steroid dienone is 1. The summed E-state index contributed by atoms with van der Waals surface area (Å²) in [5, 5.41) is 2.02. The predicted octanol–water partition coefficient (Wildman–Crippen LogP) is 6.18. The number of rotatable bonds is 5. The van der Waals surface area contributed by atoms with Crippen LogP contribution in [0.1, 0.15) is 6.92 Å². The molecule has 7 heteroatoms. The van der Waals surface area contributed by atoms with Gasteiger partial charge < -0.3 is 10.6 Å². The molecule has 1 aliphatic heterocycles. The minimum Gasteiger partial charge on any atom is -0.303 e. The summed E-state index contributed by atoms with van der Waals surface area (Å²) < 4.78 is 14.3. The highest BCUT2D eigenvalue weighted by atomic mass is 32.2. The van der Waals surface area contributed by atoms with Crippen LogP contribution < -0.4 is 10.6 Å². The third-order valence-electron chi connectivity index (χ3n) is 4.08. The lowest BCUT2D eigenvalue weighted by atomic mass is 10.3. The number of hydrogen-bond acceptors (Lipinski definition) is 6. The predicted molar refractivity (Wildman–Crippen MR) is 117 cm³/mol. The fraction of sp³-hybridized carbons (Fsp3) is 0.0952. The van der Waals surface area contributed by atoms with E-state index in [-0.39, 0.29) is 11.3 Å². The fourth-order valence-corrected chi connectivity index (χ4v) is 5.51. The molecule has 2 N–H and O–H groups in total. The number of hydrogen-bond donors (Lipinski definition) is 1. The van der Waals surface area contributed by atoms with E-state index >= 15 is 0 Å². The Kier molecular flexibility index (Phi) is 5.96. The molecule has 0 aliphatic carbocycles. The van der Waals surface area contributed by atoms with Crippen LogP contribution in [-0.4, -0.2) is 10.5 Å². The Morgan fingerprint density at radius 2 is 1.75 bits per heavy atom. The van der Waals surface area contributed by atoms with Gasteiger partial charge in [-0.3, -0.25) is 0 Å². The highest BCUT2D eigenvalue weighted by Gasteiger charge is 2.26. The summed E-state index contributed by atoms with van der Waals surface area (Å²) in [5.41, 5.74) is 7.06. The topological polar surface area (TPSA) is 42.1 Å². The lowest BCUT2D eigenvalue weighted by molar-refractivity contribution is 0.602. The number of nitrogens with two attached hydrogens (primary N) is 1. The van der Waals surface area contributed by atoms with Crippen molar-refractivity contribution in [3.05, 3.63) is 83.8 Å². The molecule has 2 aromatic carbocycles. The van der Waals surface area contributed by atoms with E-state index in [9.17, 15) is 4.39 Å². The van der Waals surface area contributed by atoms with Crippen LogP contribution in [0.2, 0.25) is 0 Å². The van der Waals surface area contributed by atoms with Crippen LogP contribution in [0, 0.1) is 5.82 Å². The zero-order valence-corrected chi connectivity index (χ0v) is 17.5. The summed E-state index contributed by atoms with van der Waals surface area (Å²) in [6.07, 6.45) is 1.85. The Bertz CT molecular complexity index is 1010. The van der Waals surface area contributed by atoms with Gasteiger partial charge in [0.2, 0.25) is 0 Å². The molecule has 0 spiro atoms. The number of thioether (sulfide) groups is 1. The quantitative estimate of drug-likeness (QED) is 0.524. The van der Waals surface area contributed by atoms with Crippen molar-refractivity contribution in [3.8, 4) is 0 Å². The van der Waals surface area contributed by atoms with Crippen molar-refractivity contribution in [2.24, 2.45) is 5.73 Å². The van der Waals surface area contributed by atoms with Gasteiger partial charge in [-0.25, -0.2) is 9.37 Å². The minimum absolute atomic E-state index is 0.236. The third kappa shape index (κ3) is 4.22. The Hall–Kier alpha value is -1.93. The van der Waals surface area contributed by atoms with Crippen molar-refractivity contribution in [1.29, 1.82) is 0 Å². The molecule has 0 saturated carbocycles. The maximum Gasteiger partial charge on any atom is 0.148 e. The maximum absolute atomic E-state index is 14.3. The van der Waals surface area contributed by atoms with Crippen LogP contribution in [0.5, 0.6) is 0 Å². The van der Waals surface area contributed by atoms with Crippen LogP contribution in [-0.2, 0) is 0 Å². The van der Waals surface area contributed by atoms with E-state index in [4.69, 9.17) is 10.7 Å². The summed E-state index contributed by atoms with van der Waals surface area (Å²) >= 11 is 4.55. The summed E-state index contributed by atoms with van der Waals surface area (Å²) in [6, 6.07) is 19.0. The van der Waals surface area contributed by atoms with E-state index in [0.29, 0.717) is 4.90 Å². The monoisotopic (exact) mass is 427 g/mol. The molecule has 1 aromatic heterocycles. The molecule has 0 saturated heterocycles. The molecule has 28 heavy (non-hydrogen) atoms. The molecule has 1 atom stereocenters. The van der Waals surface area contributed by atoms with Gasteiger partial charge >= 0.3 is 0 Å². The number of halogens is 1. The largest absolute Gasteiger partial charge is 0.303 e. The van der Waals surface area contributed by atoms with Crippen molar-refractivity contribution in [3.63, 3.8) is 0 Å². The number of nitrogens with zero attached hydrogens (tertiary/aromatic N) is 2. The van der Waals surface area contributed by atoms with Gasteiger partial charge in [0.1, 0.15) is 17.1 Å². The first-order chi connectivity index (χ1) is 13.6. The molecule has 2 heterocycles. The Morgan fingerprint density at radius 1 is 1.00 bits per heavy atom. The first kappa shape index (κ1) is 19.4. The highest BCUT2D eigenvalue weighted by molar-refractivity contribution is 8.03. The number of pyridine rings is 1. The molecular formula is C21H18FN3S3. The van der Waals surface area contributed by atoms with Gasteiger partial charge in [0.15, 0.2) is 0 Å². The lowest BCUT2D eigenvalue weighted by Crippen LogP contribution is -2.35. The van der Waals surface area contributed by atoms with Crippen molar-refractivity contribution in [2.75, 3.05) is 4.90 Å². The van der Waals surface area contributed by atoms with E-state index in [0.717, 1.165) is 26.2 Å². The fourth-order valence-electron chi connectivity index (χ4n) is 2.78. The van der Waals surface area contributed by atoms with Crippen molar-refractivity contribution in [1.82, 2.24) is 4.98 Å². The van der Waals surface area contributed by atoms with Crippen molar-refractivity contribution < 1.29 is 4.39 Å². The first-order valence-corrected chi connectivity index (χ1v) is 11.2. The van der Waals surface area contributed by atoms with Gasteiger partial charge in [-0.15, -0.1) is 0 Å². The average molecular weight is 428 g/mol. The summed E-state index contributed by atoms with van der Waals surface area (Å²) in [6.45, 7) is 2.01. The number of aromatic nitrogens is 1. The maximum atomic E-state index is 14.3. The molecule has 3 aromatic rings. The summed E-state index contributed by atoms with van der Waals surface area (Å²) in [5.74, 6) is 0.504. The molecule has 3 nitrogen and oxygen atoms in total. The average Bonchev–Trinajstić information content (AvgIpc) is 3.03. The van der Waals surface area contributed by atoms with Crippen LogP contribution >= 0.6 is 35.3 Å². The van der Waals surface area contributed by atoms with E-state index in [1.165, 1.54) is 17.8 Å². The van der Waals surface area contributed by atoms with Gasteiger partial charge in [-0.1, -0.05) is 65.6 Å². The number of benzene rings is 2. The van der Waals surface area contributed by atoms with E-state index in [2.05, 4.69) is 18.2 Å². The number of anilines is 1. The standard InChI is InChI=1S/C21H18FN3S3/c1-14-13-26-21(23)25(14)20-19(28-18-10-6-5-9-17(18)22)11-16(12-24-20)27-15-7-3-2-4-8-15/h2-13,21H,23H2,1H3. The molecule has 0 fully saturated rings. The molecule has 142 valence electrons. The lowest BCUT2D eigenvalue weighted by Gasteiger charge is -2.26. The molecule has 1 aliphatic rings. The smallest absolute Gasteiger partial charge is 0.148 e. The molecule has 0 bridgehead atoms. The van der Waals surface area contributed by atoms with Gasteiger partial charge in [-0.05, 0) is 42.7 Å². The third-order valence-corrected chi connectivity index (χ3v) is 7.09. The zero-order chi connectivity index (χ0) is 19.5. The van der Waals surface area contributed by atoms with Crippen molar-refractivity contribution in [2.45, 2.75) is 32.0 Å². The minimum atomic E-state index is -0.244. The molecular weight excluding hydrogens is 409 g/mol. The molecule has 4 rings (SSSR count). The molecule has 0 amide bonds. The van der Waals surface area contributed by atoms with Crippen LogP contribution in [0.3, 0.4) is 0 Å². The normalized spacial score (nSPS) is 16.3. The van der Waals surface area contributed by atoms with Gasteiger partial charge in [0, 0.05) is 26.6 Å². The van der Waals surface area contributed by atoms with E-state index in [1.54, 1.807) is 35.7 Å². The Balaban J connectivity index is 1.73. The van der Waals surface area contributed by atoms with Crippen molar-refractivity contribution >= 4 is 41.1 Å². The second kappa shape index (κ2) is 8.61. The van der Waals surface area contributed by atoms with Crippen LogP contribution in [0.25, 0.3) is 0 Å². The molecule has 1 unspecified atom stereocenters. The SMILES string of the molecule is CC1=CSC(N)N1c1ncc(Sc2ccccc2)cc1Sc1ccccc1F. The highest BCUT2D eigenvalue weighted by Crippen LogP contribution is 2.42. The molecule has 0 radical (unpaired) electrons. The summed E-state index contributed by atoms with van der Waals surface area (Å²) in [4.78, 5) is 10.3. The van der Waals surface area contributed by atoms with Crippen LogP contribution in [0.15, 0.2) is 97.5 Å².